The second-order valence-corrected chi connectivity index (χ2v) is 5.12. The van der Waals surface area contributed by atoms with Crippen molar-refractivity contribution in [3.05, 3.63) is 24.3 Å². The lowest BCUT2D eigenvalue weighted by molar-refractivity contribution is 0.414. The molecule has 0 saturated heterocycles. The highest BCUT2D eigenvalue weighted by Gasteiger charge is 2.07. The van der Waals surface area contributed by atoms with Gasteiger partial charge in [-0.05, 0) is 43.9 Å². The van der Waals surface area contributed by atoms with Crippen molar-refractivity contribution in [2.75, 3.05) is 32.1 Å². The van der Waals surface area contributed by atoms with E-state index < -0.39 is 0 Å². The van der Waals surface area contributed by atoms with E-state index in [1.54, 1.807) is 7.11 Å². The van der Waals surface area contributed by atoms with Gasteiger partial charge in [-0.1, -0.05) is 19.4 Å². The Morgan fingerprint density at radius 2 is 2.11 bits per heavy atom. The number of nitrogens with two attached hydrogens (primary N) is 1. The van der Waals surface area contributed by atoms with E-state index in [9.17, 15) is 0 Å². The third-order valence-corrected chi connectivity index (χ3v) is 3.75. The minimum absolute atomic E-state index is 0.781. The lowest BCUT2D eigenvalue weighted by atomic mass is 9.96. The number of nitrogens with zero attached hydrogens (tertiary/aromatic N) is 1. The van der Waals surface area contributed by atoms with Crippen molar-refractivity contribution in [1.29, 1.82) is 0 Å². The van der Waals surface area contributed by atoms with Crippen molar-refractivity contribution in [1.82, 2.24) is 0 Å². The molecule has 0 saturated carbocycles. The molecule has 1 atom stereocenters. The highest BCUT2D eigenvalue weighted by Crippen LogP contribution is 2.21. The largest absolute Gasteiger partial charge is 0.497 e. The Hall–Kier alpha value is -1.22. The minimum atomic E-state index is 0.781. The first-order chi connectivity index (χ1) is 9.21. The van der Waals surface area contributed by atoms with Crippen LogP contribution >= 0.6 is 0 Å². The van der Waals surface area contributed by atoms with E-state index in [0.29, 0.717) is 0 Å². The number of hydrogen-bond donors (Lipinski definition) is 1. The molecular weight excluding hydrogens is 236 g/mol. The second-order valence-electron chi connectivity index (χ2n) is 5.12. The summed E-state index contributed by atoms with van der Waals surface area (Å²) < 4.78 is 5.26. The number of methoxy groups -OCH3 is 1. The van der Waals surface area contributed by atoms with E-state index in [2.05, 4.69) is 31.0 Å². The fourth-order valence-corrected chi connectivity index (χ4v) is 2.38. The van der Waals surface area contributed by atoms with Crippen molar-refractivity contribution in [2.24, 2.45) is 11.7 Å². The van der Waals surface area contributed by atoms with Gasteiger partial charge >= 0.3 is 0 Å². The number of hydrogen-bond acceptors (Lipinski definition) is 3. The summed E-state index contributed by atoms with van der Waals surface area (Å²) in [4.78, 5) is 2.29. The molecular formula is C16H28N2O. The molecule has 1 aromatic carbocycles. The van der Waals surface area contributed by atoms with Gasteiger partial charge in [0.1, 0.15) is 5.75 Å². The fourth-order valence-electron chi connectivity index (χ4n) is 2.38. The summed E-state index contributed by atoms with van der Waals surface area (Å²) >= 11 is 0. The van der Waals surface area contributed by atoms with Gasteiger partial charge in [0.2, 0.25) is 0 Å². The molecule has 1 aromatic rings. The molecule has 1 rings (SSSR count). The van der Waals surface area contributed by atoms with E-state index in [0.717, 1.165) is 31.2 Å². The van der Waals surface area contributed by atoms with Crippen molar-refractivity contribution >= 4 is 5.69 Å². The quantitative estimate of drug-likeness (QED) is 0.744. The second kappa shape index (κ2) is 8.81. The van der Waals surface area contributed by atoms with Gasteiger partial charge in [0.15, 0.2) is 0 Å². The first-order valence-corrected chi connectivity index (χ1v) is 7.26. The smallest absolute Gasteiger partial charge is 0.120 e. The van der Waals surface area contributed by atoms with E-state index in [4.69, 9.17) is 10.5 Å². The summed E-state index contributed by atoms with van der Waals surface area (Å²) in [5.74, 6) is 1.70. The van der Waals surface area contributed by atoms with Crippen LogP contribution in [0.15, 0.2) is 24.3 Å². The lowest BCUT2D eigenvalue weighted by Crippen LogP contribution is -2.19. The molecule has 1 unspecified atom stereocenters. The first-order valence-electron chi connectivity index (χ1n) is 7.26. The predicted octanol–water partition coefficient (Wildman–Crippen LogP) is 3.29. The fraction of sp³-hybridized carbons (Fsp3) is 0.625. The van der Waals surface area contributed by atoms with Crippen LogP contribution in [-0.4, -0.2) is 27.2 Å². The molecule has 2 N–H and O–H groups in total. The van der Waals surface area contributed by atoms with Crippen LogP contribution in [0.3, 0.4) is 0 Å². The molecule has 0 aromatic heterocycles. The van der Waals surface area contributed by atoms with E-state index >= 15 is 0 Å². The molecule has 0 fully saturated rings. The van der Waals surface area contributed by atoms with Crippen LogP contribution in [0.2, 0.25) is 0 Å². The Balaban J connectivity index is 2.39. The molecule has 0 aliphatic carbocycles. The van der Waals surface area contributed by atoms with E-state index in [-0.39, 0.29) is 0 Å². The van der Waals surface area contributed by atoms with E-state index in [1.807, 2.05) is 12.1 Å². The molecule has 0 radical (unpaired) electrons. The molecule has 19 heavy (non-hydrogen) atoms. The molecule has 0 heterocycles. The Labute approximate surface area is 117 Å². The van der Waals surface area contributed by atoms with Gasteiger partial charge in [0, 0.05) is 25.3 Å². The molecule has 108 valence electrons. The Morgan fingerprint density at radius 1 is 1.32 bits per heavy atom. The number of anilines is 1. The van der Waals surface area contributed by atoms with Crippen LogP contribution in [0.5, 0.6) is 5.75 Å². The van der Waals surface area contributed by atoms with Crippen molar-refractivity contribution in [2.45, 2.75) is 32.6 Å². The summed E-state index contributed by atoms with van der Waals surface area (Å²) in [5.41, 5.74) is 6.85. The molecule has 0 bridgehead atoms. The van der Waals surface area contributed by atoms with Gasteiger partial charge in [-0.25, -0.2) is 0 Å². The number of ether oxygens (including phenoxy) is 1. The molecule has 0 aliphatic heterocycles. The Morgan fingerprint density at radius 3 is 2.74 bits per heavy atom. The Kier molecular flexibility index (Phi) is 7.34. The van der Waals surface area contributed by atoms with E-state index in [1.165, 1.54) is 24.9 Å². The minimum Gasteiger partial charge on any atom is -0.497 e. The summed E-state index contributed by atoms with van der Waals surface area (Å²) in [6.07, 6.45) is 4.87. The molecule has 0 spiro atoms. The Bertz CT molecular complexity index is 354. The highest BCUT2D eigenvalue weighted by atomic mass is 16.5. The van der Waals surface area contributed by atoms with Gasteiger partial charge in [-0.3, -0.25) is 0 Å². The summed E-state index contributed by atoms with van der Waals surface area (Å²) in [6, 6.07) is 8.22. The molecule has 0 aliphatic rings. The van der Waals surface area contributed by atoms with Crippen molar-refractivity contribution < 1.29 is 4.74 Å². The van der Waals surface area contributed by atoms with Gasteiger partial charge in [0.05, 0.1) is 7.11 Å². The SMILES string of the molecule is CCC(CCN)CCCN(C)c1cccc(OC)c1. The highest BCUT2D eigenvalue weighted by molar-refractivity contribution is 5.49. The summed E-state index contributed by atoms with van der Waals surface area (Å²) in [5, 5.41) is 0. The maximum atomic E-state index is 5.64. The molecule has 3 heteroatoms. The van der Waals surface area contributed by atoms with Crippen LogP contribution < -0.4 is 15.4 Å². The zero-order valence-electron chi connectivity index (χ0n) is 12.6. The number of benzene rings is 1. The normalized spacial score (nSPS) is 12.2. The van der Waals surface area contributed by atoms with Gasteiger partial charge < -0.3 is 15.4 Å². The zero-order valence-corrected chi connectivity index (χ0v) is 12.6. The maximum absolute atomic E-state index is 5.64. The first kappa shape index (κ1) is 15.8. The number of rotatable bonds is 9. The van der Waals surface area contributed by atoms with Crippen LogP contribution in [0.25, 0.3) is 0 Å². The van der Waals surface area contributed by atoms with Crippen LogP contribution in [0, 0.1) is 5.92 Å². The van der Waals surface area contributed by atoms with Crippen molar-refractivity contribution in [3.8, 4) is 5.75 Å². The third kappa shape index (κ3) is 5.52. The average molecular weight is 264 g/mol. The predicted molar refractivity (Wildman–Crippen MR) is 83.0 cm³/mol. The van der Waals surface area contributed by atoms with Crippen LogP contribution in [0.4, 0.5) is 5.69 Å². The van der Waals surface area contributed by atoms with Gasteiger partial charge in [-0.15, -0.1) is 0 Å². The third-order valence-electron chi connectivity index (χ3n) is 3.75. The van der Waals surface area contributed by atoms with Gasteiger partial charge in [-0.2, -0.15) is 0 Å². The summed E-state index contributed by atoms with van der Waals surface area (Å²) in [7, 11) is 3.84. The maximum Gasteiger partial charge on any atom is 0.120 e. The van der Waals surface area contributed by atoms with Crippen LogP contribution in [-0.2, 0) is 0 Å². The van der Waals surface area contributed by atoms with Crippen LogP contribution in [0.1, 0.15) is 32.6 Å². The zero-order chi connectivity index (χ0) is 14.1. The average Bonchev–Trinajstić information content (AvgIpc) is 2.46. The topological polar surface area (TPSA) is 38.5 Å². The molecule has 0 amide bonds. The lowest BCUT2D eigenvalue weighted by Gasteiger charge is -2.21. The monoisotopic (exact) mass is 264 g/mol. The molecule has 3 nitrogen and oxygen atoms in total. The standard InChI is InChI=1S/C16H28N2O/c1-4-14(10-11-17)7-6-12-18(2)15-8-5-9-16(13-15)19-3/h5,8-9,13-14H,4,6-7,10-12,17H2,1-3H3. The van der Waals surface area contributed by atoms with Crippen molar-refractivity contribution in [3.63, 3.8) is 0 Å². The summed E-state index contributed by atoms with van der Waals surface area (Å²) in [6.45, 7) is 4.14. The van der Waals surface area contributed by atoms with Gasteiger partial charge in [0.25, 0.3) is 0 Å².